The molecule has 10 heteroatoms. The first-order chi connectivity index (χ1) is 17.6. The van der Waals surface area contributed by atoms with Crippen molar-refractivity contribution < 1.29 is 22.4 Å². The number of halogens is 2. The summed E-state index contributed by atoms with van der Waals surface area (Å²) in [6.07, 6.45) is 0.462. The zero-order chi connectivity index (χ0) is 27.0. The highest BCUT2D eigenvalue weighted by atomic mass is 35.5. The molecule has 0 bridgehead atoms. The van der Waals surface area contributed by atoms with Crippen molar-refractivity contribution in [3.63, 3.8) is 0 Å². The van der Waals surface area contributed by atoms with Crippen molar-refractivity contribution >= 4 is 39.1 Å². The van der Waals surface area contributed by atoms with Crippen LogP contribution in [0.25, 0.3) is 0 Å². The topological polar surface area (TPSA) is 86.8 Å². The molecule has 7 nitrogen and oxygen atoms in total. The van der Waals surface area contributed by atoms with Crippen molar-refractivity contribution in [3.8, 4) is 0 Å². The van der Waals surface area contributed by atoms with Crippen LogP contribution in [0.5, 0.6) is 0 Å². The highest BCUT2D eigenvalue weighted by molar-refractivity contribution is 7.92. The maximum atomic E-state index is 13.9. The summed E-state index contributed by atoms with van der Waals surface area (Å²) >= 11 is 5.95. The molecule has 1 N–H and O–H groups in total. The maximum Gasteiger partial charge on any atom is 0.264 e. The standard InChI is InChI=1S/C27H29ClFN3O4S/c1-3-30-27(34)20(2)31(17-16-21-10-6-4-7-11-21)26(33)19-32(22-14-15-25(29)24(28)18-22)37(35,36)23-12-8-5-9-13-23/h4-15,18,20H,3,16-17,19H2,1-2H3,(H,30,34)/t20-/m1/s1. The quantitative estimate of drug-likeness (QED) is 0.390. The number of carbonyl (C=O) groups is 2. The minimum Gasteiger partial charge on any atom is -0.355 e. The van der Waals surface area contributed by atoms with Crippen LogP contribution in [0, 0.1) is 5.82 Å². The fraction of sp³-hybridized carbons (Fsp3) is 0.259. The largest absolute Gasteiger partial charge is 0.355 e. The van der Waals surface area contributed by atoms with Gasteiger partial charge in [0, 0.05) is 13.1 Å². The molecule has 0 aromatic heterocycles. The van der Waals surface area contributed by atoms with E-state index in [1.807, 2.05) is 30.3 Å². The number of likely N-dealkylation sites (N-methyl/N-ethyl adjacent to an activating group) is 1. The Balaban J connectivity index is 1.98. The number of hydrogen-bond donors (Lipinski definition) is 1. The van der Waals surface area contributed by atoms with E-state index >= 15 is 0 Å². The van der Waals surface area contributed by atoms with E-state index < -0.39 is 34.3 Å². The van der Waals surface area contributed by atoms with Gasteiger partial charge in [-0.1, -0.05) is 60.1 Å². The third kappa shape index (κ3) is 7.08. The molecule has 0 spiro atoms. The smallest absolute Gasteiger partial charge is 0.264 e. The Kier molecular flexibility index (Phi) is 9.66. The Bertz CT molecular complexity index is 1320. The fourth-order valence-corrected chi connectivity index (χ4v) is 5.38. The van der Waals surface area contributed by atoms with Crippen LogP contribution in [0.3, 0.4) is 0 Å². The molecular formula is C27H29ClFN3O4S. The summed E-state index contributed by atoms with van der Waals surface area (Å²) in [6.45, 7) is 3.32. The summed E-state index contributed by atoms with van der Waals surface area (Å²) in [5.41, 5.74) is 0.986. The third-order valence-electron chi connectivity index (χ3n) is 5.80. The monoisotopic (exact) mass is 545 g/mol. The van der Waals surface area contributed by atoms with E-state index in [1.165, 1.54) is 23.1 Å². The number of sulfonamides is 1. The summed E-state index contributed by atoms with van der Waals surface area (Å²) in [6, 6.07) is 19.6. The minimum absolute atomic E-state index is 0.0253. The lowest BCUT2D eigenvalue weighted by molar-refractivity contribution is -0.138. The van der Waals surface area contributed by atoms with Gasteiger partial charge >= 0.3 is 0 Å². The highest BCUT2D eigenvalue weighted by Gasteiger charge is 2.32. The second-order valence-electron chi connectivity index (χ2n) is 8.32. The lowest BCUT2D eigenvalue weighted by Crippen LogP contribution is -2.52. The predicted octanol–water partition coefficient (Wildman–Crippen LogP) is 4.27. The normalized spacial score (nSPS) is 12.0. The first-order valence-corrected chi connectivity index (χ1v) is 13.6. The fourth-order valence-electron chi connectivity index (χ4n) is 3.78. The van der Waals surface area contributed by atoms with Gasteiger partial charge < -0.3 is 10.2 Å². The average Bonchev–Trinajstić information content (AvgIpc) is 2.90. The van der Waals surface area contributed by atoms with Gasteiger partial charge in [-0.25, -0.2) is 12.8 Å². The summed E-state index contributed by atoms with van der Waals surface area (Å²) in [7, 11) is -4.23. The number of hydrogen-bond acceptors (Lipinski definition) is 4. The zero-order valence-electron chi connectivity index (χ0n) is 20.6. The molecule has 0 aliphatic carbocycles. The molecule has 3 aromatic rings. The number of amides is 2. The van der Waals surface area contributed by atoms with Gasteiger partial charge in [-0.2, -0.15) is 0 Å². The Morgan fingerprint density at radius 2 is 1.62 bits per heavy atom. The van der Waals surface area contributed by atoms with Crippen LogP contribution in [0.4, 0.5) is 10.1 Å². The SMILES string of the molecule is CCNC(=O)[C@@H](C)N(CCc1ccccc1)C(=O)CN(c1ccc(F)c(Cl)c1)S(=O)(=O)c1ccccc1. The lowest BCUT2D eigenvalue weighted by atomic mass is 10.1. The first-order valence-electron chi connectivity index (χ1n) is 11.8. The molecule has 37 heavy (non-hydrogen) atoms. The molecule has 0 heterocycles. The summed E-state index contributed by atoms with van der Waals surface area (Å²) < 4.78 is 42.0. The van der Waals surface area contributed by atoms with Gasteiger partial charge in [0.15, 0.2) is 0 Å². The second kappa shape index (κ2) is 12.7. The van der Waals surface area contributed by atoms with Crippen LogP contribution in [-0.4, -0.2) is 50.8 Å². The van der Waals surface area contributed by atoms with E-state index in [-0.39, 0.29) is 28.1 Å². The van der Waals surface area contributed by atoms with E-state index in [4.69, 9.17) is 11.6 Å². The first kappa shape index (κ1) is 28.1. The molecule has 0 aliphatic heterocycles. The number of nitrogens with one attached hydrogen (secondary N) is 1. The summed E-state index contributed by atoms with van der Waals surface area (Å²) in [5.74, 6) is -1.66. The zero-order valence-corrected chi connectivity index (χ0v) is 22.2. The van der Waals surface area contributed by atoms with Crippen molar-refractivity contribution in [2.75, 3.05) is 23.9 Å². The summed E-state index contributed by atoms with van der Waals surface area (Å²) in [4.78, 5) is 27.6. The van der Waals surface area contributed by atoms with Crippen LogP contribution < -0.4 is 9.62 Å². The molecule has 0 radical (unpaired) electrons. The van der Waals surface area contributed by atoms with Crippen molar-refractivity contribution in [2.45, 2.75) is 31.2 Å². The molecule has 0 fully saturated rings. The molecule has 1 atom stereocenters. The number of carbonyl (C=O) groups excluding carboxylic acids is 2. The number of nitrogens with zero attached hydrogens (tertiary/aromatic N) is 2. The van der Waals surface area contributed by atoms with Crippen LogP contribution in [-0.2, 0) is 26.0 Å². The minimum atomic E-state index is -4.23. The highest BCUT2D eigenvalue weighted by Crippen LogP contribution is 2.28. The van der Waals surface area contributed by atoms with Gasteiger partial charge in [0.1, 0.15) is 18.4 Å². The van der Waals surface area contributed by atoms with Gasteiger partial charge in [0.25, 0.3) is 10.0 Å². The second-order valence-corrected chi connectivity index (χ2v) is 10.6. The maximum absolute atomic E-state index is 13.9. The van der Waals surface area contributed by atoms with Gasteiger partial charge in [-0.05, 0) is 56.2 Å². The Hall–Kier alpha value is -3.43. The Labute approximate surface area is 221 Å². The summed E-state index contributed by atoms with van der Waals surface area (Å²) in [5, 5.41) is 2.43. The van der Waals surface area contributed by atoms with Crippen molar-refractivity contribution in [1.82, 2.24) is 10.2 Å². The average molecular weight is 546 g/mol. The van der Waals surface area contributed by atoms with Crippen molar-refractivity contribution in [2.24, 2.45) is 0 Å². The molecule has 3 rings (SSSR count). The molecule has 3 aromatic carbocycles. The van der Waals surface area contributed by atoms with Crippen LogP contribution in [0.2, 0.25) is 5.02 Å². The molecular weight excluding hydrogens is 517 g/mol. The van der Waals surface area contributed by atoms with E-state index in [0.29, 0.717) is 13.0 Å². The number of rotatable bonds is 11. The molecule has 196 valence electrons. The van der Waals surface area contributed by atoms with E-state index in [0.717, 1.165) is 22.0 Å². The van der Waals surface area contributed by atoms with Gasteiger partial charge in [0.2, 0.25) is 11.8 Å². The molecule has 0 saturated heterocycles. The molecule has 0 unspecified atom stereocenters. The predicted molar refractivity (Wildman–Crippen MR) is 142 cm³/mol. The van der Waals surface area contributed by atoms with Gasteiger partial charge in [-0.3, -0.25) is 13.9 Å². The van der Waals surface area contributed by atoms with Crippen LogP contribution in [0.1, 0.15) is 19.4 Å². The van der Waals surface area contributed by atoms with Crippen LogP contribution >= 0.6 is 11.6 Å². The van der Waals surface area contributed by atoms with E-state index in [1.54, 1.807) is 32.0 Å². The van der Waals surface area contributed by atoms with E-state index in [2.05, 4.69) is 5.32 Å². The lowest BCUT2D eigenvalue weighted by Gasteiger charge is -2.32. The van der Waals surface area contributed by atoms with E-state index in [9.17, 15) is 22.4 Å². The number of benzene rings is 3. The number of anilines is 1. The Morgan fingerprint density at radius 1 is 1.00 bits per heavy atom. The van der Waals surface area contributed by atoms with Crippen molar-refractivity contribution in [3.05, 3.63) is 95.3 Å². The third-order valence-corrected chi connectivity index (χ3v) is 7.88. The van der Waals surface area contributed by atoms with Crippen LogP contribution in [0.15, 0.2) is 83.8 Å². The molecule has 0 saturated carbocycles. The van der Waals surface area contributed by atoms with Gasteiger partial charge in [-0.15, -0.1) is 0 Å². The Morgan fingerprint density at radius 3 is 2.22 bits per heavy atom. The molecule has 2 amide bonds. The van der Waals surface area contributed by atoms with Gasteiger partial charge in [0.05, 0.1) is 15.6 Å². The van der Waals surface area contributed by atoms with Crippen molar-refractivity contribution in [1.29, 1.82) is 0 Å². The molecule has 0 aliphatic rings.